The maximum Gasteiger partial charge on any atom is 0.330 e. The van der Waals surface area contributed by atoms with Crippen LogP contribution in [0.3, 0.4) is 0 Å². The first kappa shape index (κ1) is 12.7. The van der Waals surface area contributed by atoms with E-state index in [1.807, 2.05) is 0 Å². The van der Waals surface area contributed by atoms with E-state index in [2.05, 4.69) is 4.74 Å². The fourth-order valence-electron chi connectivity index (χ4n) is 1.19. The quantitative estimate of drug-likeness (QED) is 0.345. The Kier molecular flexibility index (Phi) is 4.21. The molecule has 0 aromatic heterocycles. The third kappa shape index (κ3) is 3.30. The van der Waals surface area contributed by atoms with Crippen LogP contribution >= 0.6 is 0 Å². The van der Waals surface area contributed by atoms with Crippen LogP contribution in [0.2, 0.25) is 0 Å². The number of methoxy groups -OCH3 is 2. The van der Waals surface area contributed by atoms with Gasteiger partial charge >= 0.3 is 5.97 Å². The molecule has 0 fully saturated rings. The minimum atomic E-state index is -0.543. The van der Waals surface area contributed by atoms with Gasteiger partial charge in [-0.1, -0.05) is 0 Å². The van der Waals surface area contributed by atoms with Gasteiger partial charge in [0.25, 0.3) is 5.69 Å². The molecular formula is C11H11NO5. The molecule has 0 radical (unpaired) electrons. The second kappa shape index (κ2) is 5.64. The van der Waals surface area contributed by atoms with Gasteiger partial charge < -0.3 is 9.47 Å². The Balaban J connectivity index is 3.10. The molecule has 0 saturated heterocycles. The van der Waals surface area contributed by atoms with E-state index in [4.69, 9.17) is 4.74 Å². The summed E-state index contributed by atoms with van der Waals surface area (Å²) >= 11 is 0. The summed E-state index contributed by atoms with van der Waals surface area (Å²) in [6.07, 6.45) is 2.57. The highest BCUT2D eigenvalue weighted by Gasteiger charge is 2.09. The van der Waals surface area contributed by atoms with Crippen LogP contribution in [0, 0.1) is 10.1 Å². The molecule has 90 valence electrons. The lowest BCUT2D eigenvalue weighted by atomic mass is 10.1. The zero-order valence-electron chi connectivity index (χ0n) is 9.38. The first-order valence-corrected chi connectivity index (χ1v) is 4.67. The normalized spacial score (nSPS) is 10.2. The zero-order chi connectivity index (χ0) is 12.8. The Morgan fingerprint density at radius 2 is 2.12 bits per heavy atom. The van der Waals surface area contributed by atoms with Crippen molar-refractivity contribution < 1.29 is 19.2 Å². The van der Waals surface area contributed by atoms with E-state index in [0.29, 0.717) is 11.3 Å². The maximum atomic E-state index is 10.9. The number of carbonyl (C=O) groups is 1. The highest BCUT2D eigenvalue weighted by Crippen LogP contribution is 2.25. The molecule has 6 heteroatoms. The number of nitrogens with zero attached hydrogens (tertiary/aromatic N) is 1. The number of carbonyl (C=O) groups excluding carboxylic acids is 1. The van der Waals surface area contributed by atoms with Gasteiger partial charge in [-0.25, -0.2) is 4.79 Å². The van der Waals surface area contributed by atoms with Gasteiger partial charge in [-0.05, 0) is 12.1 Å². The van der Waals surface area contributed by atoms with E-state index in [1.165, 1.54) is 44.6 Å². The number of rotatable bonds is 4. The number of hydrogen-bond acceptors (Lipinski definition) is 5. The zero-order valence-corrected chi connectivity index (χ0v) is 9.38. The lowest BCUT2D eigenvalue weighted by Gasteiger charge is -2.03. The van der Waals surface area contributed by atoms with Crippen molar-refractivity contribution in [3.8, 4) is 5.75 Å². The number of non-ortho nitro benzene ring substituents is 1. The monoisotopic (exact) mass is 237 g/mol. The van der Waals surface area contributed by atoms with Gasteiger partial charge in [-0.2, -0.15) is 0 Å². The Hall–Kier alpha value is -2.37. The Labute approximate surface area is 97.6 Å². The molecule has 0 spiro atoms. The van der Waals surface area contributed by atoms with Gasteiger partial charge in [-0.3, -0.25) is 10.1 Å². The number of nitro groups is 1. The molecule has 0 saturated carbocycles. The van der Waals surface area contributed by atoms with E-state index in [9.17, 15) is 14.9 Å². The summed E-state index contributed by atoms with van der Waals surface area (Å²) in [7, 11) is 2.69. The number of benzene rings is 1. The summed E-state index contributed by atoms with van der Waals surface area (Å²) in [5, 5.41) is 10.6. The van der Waals surface area contributed by atoms with Crippen molar-refractivity contribution >= 4 is 17.7 Å². The van der Waals surface area contributed by atoms with Crippen molar-refractivity contribution in [1.29, 1.82) is 0 Å². The van der Waals surface area contributed by atoms with Crippen molar-refractivity contribution in [1.82, 2.24) is 0 Å². The minimum Gasteiger partial charge on any atom is -0.496 e. The molecule has 0 unspecified atom stereocenters. The predicted octanol–water partition coefficient (Wildman–Crippen LogP) is 1.79. The van der Waals surface area contributed by atoms with E-state index < -0.39 is 10.9 Å². The molecule has 1 aromatic carbocycles. The lowest BCUT2D eigenvalue weighted by Crippen LogP contribution is -1.95. The van der Waals surface area contributed by atoms with Crippen LogP contribution in [0.4, 0.5) is 5.69 Å². The summed E-state index contributed by atoms with van der Waals surface area (Å²) in [6, 6.07) is 4.11. The number of hydrogen-bond donors (Lipinski definition) is 0. The third-order valence-corrected chi connectivity index (χ3v) is 2.02. The second-order valence-electron chi connectivity index (χ2n) is 3.04. The molecule has 0 N–H and O–H groups in total. The van der Waals surface area contributed by atoms with Gasteiger partial charge in [0.05, 0.1) is 19.1 Å². The first-order valence-electron chi connectivity index (χ1n) is 4.67. The highest BCUT2D eigenvalue weighted by atomic mass is 16.6. The average Bonchev–Trinajstić information content (AvgIpc) is 2.35. The standard InChI is InChI=1S/C11H11NO5/c1-16-10-5-4-9(12(14)15)7-8(10)3-6-11(13)17-2/h3-7H,1-2H3/b6-3-. The van der Waals surface area contributed by atoms with E-state index in [-0.39, 0.29) is 5.69 Å². The van der Waals surface area contributed by atoms with Crippen LogP contribution in [-0.2, 0) is 9.53 Å². The van der Waals surface area contributed by atoms with Gasteiger partial charge in [0.2, 0.25) is 0 Å². The third-order valence-electron chi connectivity index (χ3n) is 2.02. The number of nitro benzene ring substituents is 1. The van der Waals surface area contributed by atoms with E-state index >= 15 is 0 Å². The van der Waals surface area contributed by atoms with E-state index in [0.717, 1.165) is 0 Å². The molecule has 0 heterocycles. The molecule has 1 aromatic rings. The van der Waals surface area contributed by atoms with Crippen molar-refractivity contribution in [2.45, 2.75) is 0 Å². The van der Waals surface area contributed by atoms with Crippen LogP contribution < -0.4 is 4.74 Å². The smallest absolute Gasteiger partial charge is 0.330 e. The molecule has 0 aliphatic heterocycles. The van der Waals surface area contributed by atoms with Crippen molar-refractivity contribution in [2.75, 3.05) is 14.2 Å². The molecular weight excluding hydrogens is 226 g/mol. The number of esters is 1. The van der Waals surface area contributed by atoms with Crippen molar-refractivity contribution in [3.05, 3.63) is 40.0 Å². The van der Waals surface area contributed by atoms with Crippen LogP contribution in [0.25, 0.3) is 6.08 Å². The molecule has 0 bridgehead atoms. The Bertz CT molecular complexity index is 467. The molecule has 0 atom stereocenters. The lowest BCUT2D eigenvalue weighted by molar-refractivity contribution is -0.384. The van der Waals surface area contributed by atoms with Gasteiger partial charge in [0.15, 0.2) is 0 Å². The Morgan fingerprint density at radius 1 is 1.41 bits per heavy atom. The summed E-state index contributed by atoms with van der Waals surface area (Å²) in [5.41, 5.74) is 0.363. The first-order chi connectivity index (χ1) is 8.08. The van der Waals surface area contributed by atoms with Crippen LogP contribution in [0.15, 0.2) is 24.3 Å². The van der Waals surface area contributed by atoms with Crippen molar-refractivity contribution in [3.63, 3.8) is 0 Å². The summed E-state index contributed by atoms with van der Waals surface area (Å²) in [4.78, 5) is 21.0. The van der Waals surface area contributed by atoms with Crippen LogP contribution in [-0.4, -0.2) is 25.1 Å². The molecule has 1 rings (SSSR count). The molecule has 0 amide bonds. The second-order valence-corrected chi connectivity index (χ2v) is 3.04. The maximum absolute atomic E-state index is 10.9. The SMILES string of the molecule is COC(=O)/C=C\c1cc([N+](=O)[O-])ccc1OC. The molecule has 17 heavy (non-hydrogen) atoms. The van der Waals surface area contributed by atoms with Gasteiger partial charge in [-0.15, -0.1) is 0 Å². The fourth-order valence-corrected chi connectivity index (χ4v) is 1.19. The van der Waals surface area contributed by atoms with Crippen LogP contribution in [0.1, 0.15) is 5.56 Å². The summed E-state index contributed by atoms with van der Waals surface area (Å²) < 4.78 is 9.44. The summed E-state index contributed by atoms with van der Waals surface area (Å²) in [6.45, 7) is 0. The van der Waals surface area contributed by atoms with Crippen molar-refractivity contribution in [2.24, 2.45) is 0 Å². The predicted molar refractivity (Wildman–Crippen MR) is 60.7 cm³/mol. The largest absolute Gasteiger partial charge is 0.496 e. The highest BCUT2D eigenvalue weighted by molar-refractivity contribution is 5.87. The molecule has 6 nitrogen and oxygen atoms in total. The van der Waals surface area contributed by atoms with Crippen LogP contribution in [0.5, 0.6) is 5.75 Å². The minimum absolute atomic E-state index is 0.0738. The molecule has 0 aliphatic rings. The summed E-state index contributed by atoms with van der Waals surface area (Å²) in [5.74, 6) is -0.102. The number of ether oxygens (including phenoxy) is 2. The fraction of sp³-hybridized carbons (Fsp3) is 0.182. The van der Waals surface area contributed by atoms with Gasteiger partial charge in [0, 0.05) is 23.8 Å². The van der Waals surface area contributed by atoms with Gasteiger partial charge in [0.1, 0.15) is 5.75 Å². The Morgan fingerprint density at radius 3 is 2.65 bits per heavy atom. The molecule has 0 aliphatic carbocycles. The topological polar surface area (TPSA) is 78.7 Å². The van der Waals surface area contributed by atoms with E-state index in [1.54, 1.807) is 0 Å². The average molecular weight is 237 g/mol.